The molecule has 0 unspecified atom stereocenters. The summed E-state index contributed by atoms with van der Waals surface area (Å²) in [5.74, 6) is -0.259. The van der Waals surface area contributed by atoms with Crippen molar-refractivity contribution in [3.8, 4) is 0 Å². The van der Waals surface area contributed by atoms with Gasteiger partial charge in [-0.05, 0) is 12.8 Å². The van der Waals surface area contributed by atoms with Crippen LogP contribution in [0.25, 0.3) is 0 Å². The minimum atomic E-state index is -0.774. The van der Waals surface area contributed by atoms with Crippen molar-refractivity contribution in [2.75, 3.05) is 13.7 Å². The van der Waals surface area contributed by atoms with E-state index in [4.69, 9.17) is 9.84 Å². The van der Waals surface area contributed by atoms with Gasteiger partial charge in [-0.25, -0.2) is 4.98 Å². The highest BCUT2D eigenvalue weighted by atomic mass is 32.1. The summed E-state index contributed by atoms with van der Waals surface area (Å²) in [7, 11) is 1.66. The third kappa shape index (κ3) is 2.80. The lowest BCUT2D eigenvalue weighted by molar-refractivity contribution is -0.136. The second-order valence-corrected chi connectivity index (χ2v) is 5.17. The Morgan fingerprint density at radius 1 is 1.62 bits per heavy atom. The lowest BCUT2D eigenvalue weighted by Gasteiger charge is -1.95. The van der Waals surface area contributed by atoms with E-state index in [0.717, 1.165) is 34.8 Å². The van der Waals surface area contributed by atoms with Gasteiger partial charge in [-0.3, -0.25) is 4.79 Å². The van der Waals surface area contributed by atoms with Gasteiger partial charge >= 0.3 is 5.97 Å². The Morgan fingerprint density at radius 2 is 2.38 bits per heavy atom. The summed E-state index contributed by atoms with van der Waals surface area (Å²) in [5, 5.41) is 9.83. The number of aliphatic carboxylic acids is 1. The molecule has 88 valence electrons. The number of carboxylic acid groups (broad SMARTS) is 1. The molecule has 0 radical (unpaired) electrons. The summed E-state index contributed by atoms with van der Waals surface area (Å²) in [6.45, 7) is 0.643. The first-order valence-corrected chi connectivity index (χ1v) is 6.21. The van der Waals surface area contributed by atoms with E-state index in [1.165, 1.54) is 11.3 Å². The quantitative estimate of drug-likeness (QED) is 0.825. The van der Waals surface area contributed by atoms with Gasteiger partial charge in [-0.2, -0.15) is 0 Å². The summed E-state index contributed by atoms with van der Waals surface area (Å²) in [5.41, 5.74) is 1.03. The lowest BCUT2D eigenvalue weighted by Crippen LogP contribution is -2.00. The number of methoxy groups -OCH3 is 1. The van der Waals surface area contributed by atoms with Crippen LogP contribution in [0.5, 0.6) is 0 Å². The maximum absolute atomic E-state index is 10.7. The van der Waals surface area contributed by atoms with Crippen molar-refractivity contribution >= 4 is 17.3 Å². The van der Waals surface area contributed by atoms with E-state index in [2.05, 4.69) is 4.98 Å². The Balaban J connectivity index is 2.12. The zero-order valence-corrected chi connectivity index (χ0v) is 10.0. The number of carbonyl (C=O) groups is 1. The number of rotatable bonds is 6. The van der Waals surface area contributed by atoms with E-state index < -0.39 is 5.97 Å². The summed E-state index contributed by atoms with van der Waals surface area (Å²) < 4.78 is 5.00. The molecule has 2 rings (SSSR count). The van der Waals surface area contributed by atoms with Crippen LogP contribution in [0.4, 0.5) is 0 Å². The molecule has 0 atom stereocenters. The van der Waals surface area contributed by atoms with Gasteiger partial charge in [0.2, 0.25) is 0 Å². The molecule has 1 aromatic rings. The number of carboxylic acids is 1. The maximum Gasteiger partial charge on any atom is 0.308 e. The van der Waals surface area contributed by atoms with Gasteiger partial charge in [-0.1, -0.05) is 0 Å². The zero-order valence-electron chi connectivity index (χ0n) is 9.23. The predicted octanol–water partition coefficient (Wildman–Crippen LogP) is 1.84. The summed E-state index contributed by atoms with van der Waals surface area (Å²) in [6, 6.07) is 0. The molecular formula is C11H15NO3S. The van der Waals surface area contributed by atoms with Crippen LogP contribution in [0.2, 0.25) is 0 Å². The van der Waals surface area contributed by atoms with E-state index in [9.17, 15) is 4.79 Å². The van der Waals surface area contributed by atoms with Gasteiger partial charge in [0.25, 0.3) is 0 Å². The molecule has 4 nitrogen and oxygen atoms in total. The van der Waals surface area contributed by atoms with Gasteiger partial charge in [0.15, 0.2) is 0 Å². The van der Waals surface area contributed by atoms with E-state index in [1.54, 1.807) is 7.11 Å². The summed E-state index contributed by atoms with van der Waals surface area (Å²) in [4.78, 5) is 16.2. The fourth-order valence-electron chi connectivity index (χ4n) is 1.65. The van der Waals surface area contributed by atoms with Crippen molar-refractivity contribution in [3.05, 3.63) is 15.6 Å². The number of nitrogens with zero attached hydrogens (tertiary/aromatic N) is 1. The normalized spacial score (nSPS) is 15.3. The fourth-order valence-corrected chi connectivity index (χ4v) is 2.78. The molecule has 1 aromatic heterocycles. The molecule has 1 N–H and O–H groups in total. The number of aromatic nitrogens is 1. The average Bonchev–Trinajstić information content (AvgIpc) is 2.99. The van der Waals surface area contributed by atoms with Gasteiger partial charge < -0.3 is 9.84 Å². The van der Waals surface area contributed by atoms with Crippen molar-refractivity contribution in [3.63, 3.8) is 0 Å². The van der Waals surface area contributed by atoms with Crippen LogP contribution in [-0.2, 0) is 22.4 Å². The first-order chi connectivity index (χ1) is 7.70. The van der Waals surface area contributed by atoms with E-state index >= 15 is 0 Å². The molecule has 0 aliphatic heterocycles. The van der Waals surface area contributed by atoms with Gasteiger partial charge in [0.05, 0.1) is 23.7 Å². The molecule has 1 heterocycles. The van der Waals surface area contributed by atoms with E-state index in [0.29, 0.717) is 12.5 Å². The molecule has 1 aliphatic carbocycles. The first kappa shape index (κ1) is 11.5. The van der Waals surface area contributed by atoms with Crippen LogP contribution >= 0.6 is 11.3 Å². The third-order valence-electron chi connectivity index (χ3n) is 2.57. The molecule has 0 spiro atoms. The SMILES string of the molecule is COCCc1nc(C2CC2)c(CC(=O)O)s1. The number of thiazole rings is 1. The Labute approximate surface area is 98.3 Å². The van der Waals surface area contributed by atoms with E-state index in [1.807, 2.05) is 0 Å². The fraction of sp³-hybridized carbons (Fsp3) is 0.636. The van der Waals surface area contributed by atoms with E-state index in [-0.39, 0.29) is 6.42 Å². The Hall–Kier alpha value is -0.940. The van der Waals surface area contributed by atoms with Gasteiger partial charge in [-0.15, -0.1) is 11.3 Å². The molecule has 0 saturated heterocycles. The first-order valence-electron chi connectivity index (χ1n) is 5.40. The monoisotopic (exact) mass is 241 g/mol. The van der Waals surface area contributed by atoms with Gasteiger partial charge in [0.1, 0.15) is 0 Å². The molecule has 5 heteroatoms. The standard InChI is InChI=1S/C11H15NO3S/c1-15-5-4-9-12-11(7-2-3-7)8(16-9)6-10(13)14/h7H,2-6H2,1H3,(H,13,14). The molecule has 1 fully saturated rings. The molecular weight excluding hydrogens is 226 g/mol. The zero-order chi connectivity index (χ0) is 11.5. The minimum Gasteiger partial charge on any atom is -0.481 e. The van der Waals surface area contributed by atoms with Crippen molar-refractivity contribution in [2.24, 2.45) is 0 Å². The summed E-state index contributed by atoms with van der Waals surface area (Å²) in [6.07, 6.45) is 3.19. The Bertz CT molecular complexity index is 385. The van der Waals surface area contributed by atoms with Crippen LogP contribution in [0.3, 0.4) is 0 Å². The smallest absolute Gasteiger partial charge is 0.308 e. The lowest BCUT2D eigenvalue weighted by atomic mass is 10.2. The molecule has 1 saturated carbocycles. The maximum atomic E-state index is 10.7. The van der Waals surface area contributed by atoms with Crippen LogP contribution < -0.4 is 0 Å². The predicted molar refractivity (Wildman–Crippen MR) is 61.0 cm³/mol. The number of hydrogen-bond donors (Lipinski definition) is 1. The van der Waals surface area contributed by atoms with Crippen molar-refractivity contribution in [2.45, 2.75) is 31.6 Å². The van der Waals surface area contributed by atoms with Crippen LogP contribution in [0, 0.1) is 0 Å². The highest BCUT2D eigenvalue weighted by Gasteiger charge is 2.30. The van der Waals surface area contributed by atoms with Crippen LogP contribution in [0.1, 0.15) is 34.3 Å². The molecule has 0 aromatic carbocycles. The van der Waals surface area contributed by atoms with Crippen molar-refractivity contribution < 1.29 is 14.6 Å². The minimum absolute atomic E-state index is 0.108. The molecule has 1 aliphatic rings. The van der Waals surface area contributed by atoms with Crippen LogP contribution in [-0.4, -0.2) is 29.8 Å². The Morgan fingerprint density at radius 3 is 2.94 bits per heavy atom. The molecule has 0 bridgehead atoms. The topological polar surface area (TPSA) is 59.4 Å². The number of hydrogen-bond acceptors (Lipinski definition) is 4. The second-order valence-electron chi connectivity index (χ2n) is 4.00. The average molecular weight is 241 g/mol. The highest BCUT2D eigenvalue weighted by Crippen LogP contribution is 2.42. The summed E-state index contributed by atoms with van der Waals surface area (Å²) >= 11 is 1.52. The second kappa shape index (κ2) is 4.93. The van der Waals surface area contributed by atoms with Crippen molar-refractivity contribution in [1.29, 1.82) is 0 Å². The van der Waals surface area contributed by atoms with Gasteiger partial charge in [0, 0.05) is 24.3 Å². The highest BCUT2D eigenvalue weighted by molar-refractivity contribution is 7.11. The number of ether oxygens (including phenoxy) is 1. The third-order valence-corrected chi connectivity index (χ3v) is 3.70. The molecule has 16 heavy (non-hydrogen) atoms. The Kier molecular flexibility index (Phi) is 3.56. The largest absolute Gasteiger partial charge is 0.481 e. The van der Waals surface area contributed by atoms with Crippen molar-refractivity contribution in [1.82, 2.24) is 4.98 Å². The van der Waals surface area contributed by atoms with Crippen LogP contribution in [0.15, 0.2) is 0 Å². The molecule has 0 amide bonds.